The standard InChI is InChI=1S/C10H10O2.C4H9NO2/c1-8-2-4-9(5-3-8)6-7-10(11)12;1-3(5)4(6)7-2/h2-7H,1H3,(H,11,12);3H,5H2,1-2H3/b7-6+;/t;3-/m.0/s1. The third kappa shape index (κ3) is 8.57. The molecule has 104 valence electrons. The minimum atomic E-state index is -0.921. The molecule has 1 aromatic rings. The van der Waals surface area contributed by atoms with Gasteiger partial charge in [-0.2, -0.15) is 0 Å². The Morgan fingerprint density at radius 3 is 2.16 bits per heavy atom. The van der Waals surface area contributed by atoms with Crippen LogP contribution in [0.25, 0.3) is 6.08 Å². The maximum Gasteiger partial charge on any atom is 0.328 e. The quantitative estimate of drug-likeness (QED) is 0.640. The van der Waals surface area contributed by atoms with E-state index in [1.54, 1.807) is 13.0 Å². The number of carboxylic acids is 1. The smallest absolute Gasteiger partial charge is 0.328 e. The molecule has 0 aliphatic heterocycles. The monoisotopic (exact) mass is 265 g/mol. The summed E-state index contributed by atoms with van der Waals surface area (Å²) in [4.78, 5) is 20.3. The van der Waals surface area contributed by atoms with E-state index in [0.29, 0.717) is 0 Å². The predicted molar refractivity (Wildman–Crippen MR) is 73.5 cm³/mol. The molecule has 0 fully saturated rings. The molecule has 0 unspecified atom stereocenters. The van der Waals surface area contributed by atoms with Crippen LogP contribution in [0.15, 0.2) is 30.3 Å². The molecule has 1 aromatic carbocycles. The van der Waals surface area contributed by atoms with Crippen LogP contribution < -0.4 is 5.73 Å². The summed E-state index contributed by atoms with van der Waals surface area (Å²) < 4.78 is 4.25. The fraction of sp³-hybridized carbons (Fsp3) is 0.286. The maximum atomic E-state index is 10.2. The van der Waals surface area contributed by atoms with Crippen LogP contribution in [0.2, 0.25) is 0 Å². The molecule has 5 heteroatoms. The van der Waals surface area contributed by atoms with Gasteiger partial charge in [-0.1, -0.05) is 29.8 Å². The van der Waals surface area contributed by atoms with E-state index in [-0.39, 0.29) is 5.97 Å². The third-order valence-corrected chi connectivity index (χ3v) is 2.07. The van der Waals surface area contributed by atoms with E-state index >= 15 is 0 Å². The van der Waals surface area contributed by atoms with Crippen molar-refractivity contribution in [1.29, 1.82) is 0 Å². The van der Waals surface area contributed by atoms with Gasteiger partial charge < -0.3 is 15.6 Å². The SMILES string of the molecule is COC(=O)[C@H](C)N.Cc1ccc(/C=C/C(=O)O)cc1. The number of methoxy groups -OCH3 is 1. The van der Waals surface area contributed by atoms with Crippen LogP contribution in [-0.4, -0.2) is 30.2 Å². The van der Waals surface area contributed by atoms with Crippen LogP contribution in [0, 0.1) is 6.92 Å². The summed E-state index contributed by atoms with van der Waals surface area (Å²) in [6.07, 6.45) is 2.70. The molecule has 0 aromatic heterocycles. The lowest BCUT2D eigenvalue weighted by atomic mass is 10.1. The van der Waals surface area contributed by atoms with E-state index in [0.717, 1.165) is 11.6 Å². The van der Waals surface area contributed by atoms with Crippen molar-refractivity contribution in [3.05, 3.63) is 41.5 Å². The van der Waals surface area contributed by atoms with Crippen molar-refractivity contribution in [1.82, 2.24) is 0 Å². The number of carboxylic acid groups (broad SMARTS) is 1. The first-order valence-corrected chi connectivity index (χ1v) is 5.68. The summed E-state index contributed by atoms with van der Waals surface area (Å²) in [5.74, 6) is -1.30. The number of rotatable bonds is 3. The number of esters is 1. The number of aliphatic carboxylic acids is 1. The molecule has 0 radical (unpaired) electrons. The molecule has 0 saturated heterocycles. The molecule has 3 N–H and O–H groups in total. The summed E-state index contributed by atoms with van der Waals surface area (Å²) >= 11 is 0. The van der Waals surface area contributed by atoms with E-state index in [2.05, 4.69) is 4.74 Å². The number of benzene rings is 1. The Balaban J connectivity index is 0.000000399. The zero-order valence-electron chi connectivity index (χ0n) is 11.3. The van der Waals surface area contributed by atoms with Crippen molar-refractivity contribution >= 4 is 18.0 Å². The number of carbonyl (C=O) groups is 2. The molecule has 0 aliphatic carbocycles. The Morgan fingerprint density at radius 2 is 1.84 bits per heavy atom. The van der Waals surface area contributed by atoms with Gasteiger partial charge in [-0.05, 0) is 25.5 Å². The topological polar surface area (TPSA) is 89.6 Å². The molecular formula is C14H19NO4. The summed E-state index contributed by atoms with van der Waals surface area (Å²) in [5.41, 5.74) is 7.15. The molecule has 0 aliphatic rings. The van der Waals surface area contributed by atoms with Crippen molar-refractivity contribution in [2.45, 2.75) is 19.9 Å². The van der Waals surface area contributed by atoms with Gasteiger partial charge in [-0.25, -0.2) is 4.79 Å². The second-order valence-corrected chi connectivity index (χ2v) is 3.89. The first-order valence-electron chi connectivity index (χ1n) is 5.68. The number of nitrogens with two attached hydrogens (primary N) is 1. The first-order chi connectivity index (χ1) is 8.86. The van der Waals surface area contributed by atoms with E-state index in [1.165, 1.54) is 12.7 Å². The van der Waals surface area contributed by atoms with Crippen LogP contribution in [-0.2, 0) is 14.3 Å². The van der Waals surface area contributed by atoms with Gasteiger partial charge in [0.2, 0.25) is 0 Å². The molecule has 19 heavy (non-hydrogen) atoms. The van der Waals surface area contributed by atoms with Gasteiger partial charge in [0.15, 0.2) is 0 Å². The molecule has 0 saturated carbocycles. The number of hydrogen-bond acceptors (Lipinski definition) is 4. The van der Waals surface area contributed by atoms with Crippen molar-refractivity contribution in [2.24, 2.45) is 5.73 Å². The molecule has 0 spiro atoms. The van der Waals surface area contributed by atoms with E-state index in [4.69, 9.17) is 10.8 Å². The van der Waals surface area contributed by atoms with Crippen molar-refractivity contribution < 1.29 is 19.4 Å². The maximum absolute atomic E-state index is 10.2. The van der Waals surface area contributed by atoms with Gasteiger partial charge in [0.1, 0.15) is 6.04 Å². The predicted octanol–water partition coefficient (Wildman–Crippen LogP) is 1.60. The van der Waals surface area contributed by atoms with Crippen LogP contribution in [0.1, 0.15) is 18.1 Å². The third-order valence-electron chi connectivity index (χ3n) is 2.07. The number of aryl methyl sites for hydroxylation is 1. The lowest BCUT2D eigenvalue weighted by Crippen LogP contribution is -2.27. The first kappa shape index (κ1) is 16.9. The van der Waals surface area contributed by atoms with E-state index in [9.17, 15) is 9.59 Å². The van der Waals surface area contributed by atoms with Gasteiger partial charge in [0.25, 0.3) is 0 Å². The van der Waals surface area contributed by atoms with Crippen LogP contribution in [0.3, 0.4) is 0 Å². The second-order valence-electron chi connectivity index (χ2n) is 3.89. The highest BCUT2D eigenvalue weighted by atomic mass is 16.5. The Hall–Kier alpha value is -2.14. The number of carbonyl (C=O) groups excluding carboxylic acids is 1. The molecule has 0 bridgehead atoms. The largest absolute Gasteiger partial charge is 0.478 e. The van der Waals surface area contributed by atoms with Crippen LogP contribution >= 0.6 is 0 Å². The fourth-order valence-corrected chi connectivity index (χ4v) is 1.03. The van der Waals surface area contributed by atoms with Gasteiger partial charge in [0, 0.05) is 6.08 Å². The highest BCUT2D eigenvalue weighted by Crippen LogP contribution is 2.04. The lowest BCUT2D eigenvalue weighted by Gasteiger charge is -1.98. The normalized spacial score (nSPS) is 11.4. The molecular weight excluding hydrogens is 246 g/mol. The average Bonchev–Trinajstić information content (AvgIpc) is 2.37. The lowest BCUT2D eigenvalue weighted by molar-refractivity contribution is -0.141. The van der Waals surface area contributed by atoms with Crippen LogP contribution in [0.5, 0.6) is 0 Å². The van der Waals surface area contributed by atoms with Gasteiger partial charge in [-0.15, -0.1) is 0 Å². The molecule has 1 atom stereocenters. The zero-order chi connectivity index (χ0) is 14.8. The summed E-state index contributed by atoms with van der Waals surface area (Å²) in [7, 11) is 1.31. The average molecular weight is 265 g/mol. The fourth-order valence-electron chi connectivity index (χ4n) is 1.03. The second kappa shape index (κ2) is 8.88. The van der Waals surface area contributed by atoms with Gasteiger partial charge >= 0.3 is 11.9 Å². The molecule has 0 heterocycles. The number of hydrogen-bond donors (Lipinski definition) is 2. The molecule has 1 rings (SSSR count). The molecule has 0 amide bonds. The number of ether oxygens (including phenoxy) is 1. The van der Waals surface area contributed by atoms with E-state index in [1.807, 2.05) is 31.2 Å². The van der Waals surface area contributed by atoms with Gasteiger partial charge in [-0.3, -0.25) is 4.79 Å². The Bertz CT molecular complexity index is 435. The summed E-state index contributed by atoms with van der Waals surface area (Å²) in [5, 5.41) is 8.34. The summed E-state index contributed by atoms with van der Waals surface area (Å²) in [6.45, 7) is 3.57. The minimum Gasteiger partial charge on any atom is -0.478 e. The Kier molecular flexibility index (Phi) is 7.88. The van der Waals surface area contributed by atoms with Crippen molar-refractivity contribution in [3.8, 4) is 0 Å². The highest BCUT2D eigenvalue weighted by molar-refractivity contribution is 5.85. The highest BCUT2D eigenvalue weighted by Gasteiger charge is 2.03. The van der Waals surface area contributed by atoms with Crippen molar-refractivity contribution in [3.63, 3.8) is 0 Å². The van der Waals surface area contributed by atoms with Crippen molar-refractivity contribution in [2.75, 3.05) is 7.11 Å². The minimum absolute atomic E-state index is 0.375. The Labute approximate surface area is 112 Å². The van der Waals surface area contributed by atoms with Crippen LogP contribution in [0.4, 0.5) is 0 Å². The molecule has 5 nitrogen and oxygen atoms in total. The van der Waals surface area contributed by atoms with E-state index < -0.39 is 12.0 Å². The Morgan fingerprint density at radius 1 is 1.32 bits per heavy atom. The zero-order valence-corrected chi connectivity index (χ0v) is 11.3. The van der Waals surface area contributed by atoms with Gasteiger partial charge in [0.05, 0.1) is 7.11 Å². The summed E-state index contributed by atoms with van der Waals surface area (Å²) in [6, 6.07) is 7.16.